The molecule has 1 aliphatic heterocycles. The highest BCUT2D eigenvalue weighted by atomic mass is 32.2. The number of amides is 1. The van der Waals surface area contributed by atoms with Crippen molar-refractivity contribution in [3.8, 4) is 0 Å². The van der Waals surface area contributed by atoms with Gasteiger partial charge < -0.3 is 10.4 Å². The number of fused-ring (bicyclic) bond motifs is 1. The maximum atomic E-state index is 12.4. The van der Waals surface area contributed by atoms with Crippen LogP contribution >= 0.6 is 11.8 Å². The van der Waals surface area contributed by atoms with Gasteiger partial charge in [0.1, 0.15) is 12.0 Å². The second-order valence-corrected chi connectivity index (χ2v) is 8.71. The number of nitrogens with zero attached hydrogens (tertiary/aromatic N) is 3. The van der Waals surface area contributed by atoms with Crippen molar-refractivity contribution in [3.63, 3.8) is 0 Å². The zero-order chi connectivity index (χ0) is 20.5. The number of rotatable bonds is 10. The fourth-order valence-corrected chi connectivity index (χ4v) is 4.17. The molecule has 7 heteroatoms. The zero-order valence-corrected chi connectivity index (χ0v) is 17.8. The molecule has 0 spiro atoms. The van der Waals surface area contributed by atoms with Gasteiger partial charge in [-0.15, -0.1) is 0 Å². The zero-order valence-electron chi connectivity index (χ0n) is 17.0. The molecule has 1 aromatic carbocycles. The van der Waals surface area contributed by atoms with Crippen LogP contribution in [0.25, 0.3) is 0 Å². The molecular weight excluding hydrogens is 384 g/mol. The molecule has 0 bridgehead atoms. The first-order chi connectivity index (χ1) is 14.2. The van der Waals surface area contributed by atoms with Crippen LogP contribution in [0, 0.1) is 0 Å². The Labute approximate surface area is 177 Å². The summed E-state index contributed by atoms with van der Waals surface area (Å²) in [7, 11) is 0. The summed E-state index contributed by atoms with van der Waals surface area (Å²) < 4.78 is 0. The van der Waals surface area contributed by atoms with E-state index in [9.17, 15) is 9.90 Å². The number of hydrogen-bond acceptors (Lipinski definition) is 6. The van der Waals surface area contributed by atoms with Crippen molar-refractivity contribution in [1.29, 1.82) is 0 Å². The second kappa shape index (κ2) is 11.3. The fraction of sp³-hybridized carbons (Fsp3) is 0.500. The van der Waals surface area contributed by atoms with Crippen LogP contribution in [0.2, 0.25) is 0 Å². The summed E-state index contributed by atoms with van der Waals surface area (Å²) in [5.74, 6) is 1.94. The van der Waals surface area contributed by atoms with Crippen LogP contribution in [0.4, 0.5) is 0 Å². The summed E-state index contributed by atoms with van der Waals surface area (Å²) in [5.41, 5.74) is 3.95. The highest BCUT2D eigenvalue weighted by Crippen LogP contribution is 2.18. The number of thioether (sulfide) groups is 1. The van der Waals surface area contributed by atoms with E-state index in [-0.39, 0.29) is 12.5 Å². The Morgan fingerprint density at radius 2 is 2.14 bits per heavy atom. The standard InChI is InChI=1S/C22H30N4O2S/c1-2-29-11-5-8-19-12-21(25-16-24-19)22(28)23-13-20(27)15-26-10-9-17-6-3-4-7-18(17)14-26/h3-4,6-7,12,16,20,27H,2,5,8-11,13-15H2,1H3,(H,23,28)/t20-/m0/s1. The van der Waals surface area contributed by atoms with Crippen molar-refractivity contribution in [2.75, 3.05) is 31.1 Å². The van der Waals surface area contributed by atoms with Gasteiger partial charge in [-0.05, 0) is 48.0 Å². The summed E-state index contributed by atoms with van der Waals surface area (Å²) in [5, 5.41) is 13.2. The largest absolute Gasteiger partial charge is 0.390 e. The molecule has 1 aliphatic rings. The monoisotopic (exact) mass is 414 g/mol. The number of β-amino-alcohol motifs (C(OH)–C–C–N with tert-alkyl or cyclic N) is 1. The van der Waals surface area contributed by atoms with E-state index < -0.39 is 6.10 Å². The van der Waals surface area contributed by atoms with Gasteiger partial charge in [0.15, 0.2) is 0 Å². The Bertz CT molecular complexity index is 802. The number of carbonyl (C=O) groups excluding carboxylic acids is 1. The maximum Gasteiger partial charge on any atom is 0.270 e. The first kappa shape index (κ1) is 21.7. The fourth-order valence-electron chi connectivity index (χ4n) is 3.53. The molecule has 2 heterocycles. The molecule has 156 valence electrons. The highest BCUT2D eigenvalue weighted by molar-refractivity contribution is 7.99. The maximum absolute atomic E-state index is 12.4. The predicted molar refractivity (Wildman–Crippen MR) is 117 cm³/mol. The summed E-state index contributed by atoms with van der Waals surface area (Å²) >= 11 is 1.91. The third-order valence-electron chi connectivity index (χ3n) is 5.06. The SMILES string of the molecule is CCSCCCc1cc(C(=O)NC[C@H](O)CN2CCc3ccccc3C2)ncn1. The third kappa shape index (κ3) is 6.80. The predicted octanol–water partition coefficient (Wildman–Crippen LogP) is 2.31. The number of nitrogens with one attached hydrogen (secondary N) is 1. The van der Waals surface area contributed by atoms with E-state index in [4.69, 9.17) is 0 Å². The first-order valence-electron chi connectivity index (χ1n) is 10.3. The Morgan fingerprint density at radius 3 is 2.97 bits per heavy atom. The molecule has 0 radical (unpaired) electrons. The Hall–Kier alpha value is -1.96. The Morgan fingerprint density at radius 1 is 1.31 bits per heavy atom. The molecule has 0 unspecified atom stereocenters. The summed E-state index contributed by atoms with van der Waals surface area (Å²) in [6.07, 6.45) is 3.70. The van der Waals surface area contributed by atoms with Gasteiger partial charge in [-0.3, -0.25) is 9.69 Å². The van der Waals surface area contributed by atoms with E-state index in [1.807, 2.05) is 11.8 Å². The van der Waals surface area contributed by atoms with Gasteiger partial charge in [0.25, 0.3) is 5.91 Å². The lowest BCUT2D eigenvalue weighted by Crippen LogP contribution is -2.42. The van der Waals surface area contributed by atoms with Crippen LogP contribution in [0.1, 0.15) is 40.7 Å². The quantitative estimate of drug-likeness (QED) is 0.581. The summed E-state index contributed by atoms with van der Waals surface area (Å²) in [6.45, 7) is 4.67. The van der Waals surface area contributed by atoms with Crippen molar-refractivity contribution in [2.45, 2.75) is 38.8 Å². The van der Waals surface area contributed by atoms with E-state index in [1.165, 1.54) is 17.5 Å². The summed E-state index contributed by atoms with van der Waals surface area (Å²) in [4.78, 5) is 23.0. The van der Waals surface area contributed by atoms with Gasteiger partial charge in [-0.2, -0.15) is 11.8 Å². The second-order valence-electron chi connectivity index (χ2n) is 7.31. The molecule has 0 saturated carbocycles. The normalized spacial score (nSPS) is 15.0. The molecule has 29 heavy (non-hydrogen) atoms. The van der Waals surface area contributed by atoms with Gasteiger partial charge in [0.2, 0.25) is 0 Å². The van der Waals surface area contributed by atoms with Gasteiger partial charge in [0.05, 0.1) is 6.10 Å². The molecule has 2 N–H and O–H groups in total. The van der Waals surface area contributed by atoms with Crippen LogP contribution in [0.15, 0.2) is 36.7 Å². The van der Waals surface area contributed by atoms with E-state index >= 15 is 0 Å². The van der Waals surface area contributed by atoms with Crippen LogP contribution in [-0.2, 0) is 19.4 Å². The van der Waals surface area contributed by atoms with Gasteiger partial charge >= 0.3 is 0 Å². The number of aliphatic hydroxyl groups excluding tert-OH is 1. The van der Waals surface area contributed by atoms with Crippen LogP contribution in [0.5, 0.6) is 0 Å². The minimum atomic E-state index is -0.614. The van der Waals surface area contributed by atoms with Gasteiger partial charge in [-0.25, -0.2) is 9.97 Å². The Kier molecular flexibility index (Phi) is 8.46. The molecule has 1 amide bonds. The van der Waals surface area contributed by atoms with E-state index in [0.29, 0.717) is 12.2 Å². The lowest BCUT2D eigenvalue weighted by molar-refractivity contribution is 0.0838. The molecule has 3 rings (SSSR count). The molecule has 0 saturated heterocycles. The van der Waals surface area contributed by atoms with E-state index in [2.05, 4.69) is 51.4 Å². The van der Waals surface area contributed by atoms with Gasteiger partial charge in [-0.1, -0.05) is 31.2 Å². The Balaban J connectivity index is 1.43. The number of aromatic nitrogens is 2. The van der Waals surface area contributed by atoms with Crippen molar-refractivity contribution >= 4 is 17.7 Å². The molecule has 6 nitrogen and oxygen atoms in total. The molecule has 2 aromatic rings. The average Bonchev–Trinajstić information content (AvgIpc) is 2.75. The smallest absolute Gasteiger partial charge is 0.270 e. The lowest BCUT2D eigenvalue weighted by atomic mass is 10.00. The number of hydrogen-bond donors (Lipinski definition) is 2. The molecule has 0 fully saturated rings. The third-order valence-corrected chi connectivity index (χ3v) is 6.04. The van der Waals surface area contributed by atoms with Crippen LogP contribution in [-0.4, -0.2) is 63.1 Å². The molecule has 0 aliphatic carbocycles. The van der Waals surface area contributed by atoms with E-state index in [1.54, 1.807) is 6.07 Å². The van der Waals surface area contributed by atoms with Crippen LogP contribution in [0.3, 0.4) is 0 Å². The number of benzene rings is 1. The topological polar surface area (TPSA) is 78.4 Å². The number of aliphatic hydroxyl groups is 1. The average molecular weight is 415 g/mol. The highest BCUT2D eigenvalue weighted by Gasteiger charge is 2.19. The molecular formula is C22H30N4O2S. The minimum Gasteiger partial charge on any atom is -0.390 e. The molecule has 1 atom stereocenters. The van der Waals surface area contributed by atoms with Crippen molar-refractivity contribution in [3.05, 3.63) is 59.2 Å². The van der Waals surface area contributed by atoms with Crippen molar-refractivity contribution < 1.29 is 9.90 Å². The number of carbonyl (C=O) groups is 1. The first-order valence-corrected chi connectivity index (χ1v) is 11.4. The number of aryl methyl sites for hydroxylation is 1. The van der Waals surface area contributed by atoms with Gasteiger partial charge in [0, 0.05) is 31.9 Å². The lowest BCUT2D eigenvalue weighted by Gasteiger charge is -2.30. The van der Waals surface area contributed by atoms with Crippen molar-refractivity contribution in [2.24, 2.45) is 0 Å². The van der Waals surface area contributed by atoms with E-state index in [0.717, 1.165) is 49.6 Å². The van der Waals surface area contributed by atoms with Crippen molar-refractivity contribution in [1.82, 2.24) is 20.2 Å². The van der Waals surface area contributed by atoms with Crippen LogP contribution < -0.4 is 5.32 Å². The minimum absolute atomic E-state index is 0.212. The summed E-state index contributed by atoms with van der Waals surface area (Å²) in [6, 6.07) is 10.2. The molecule has 1 aromatic heterocycles.